The van der Waals surface area contributed by atoms with Crippen LogP contribution >= 0.6 is 15.9 Å². The summed E-state index contributed by atoms with van der Waals surface area (Å²) < 4.78 is 0. The van der Waals surface area contributed by atoms with Crippen LogP contribution in [0.3, 0.4) is 0 Å². The van der Waals surface area contributed by atoms with E-state index in [0.717, 1.165) is 6.54 Å². The number of alkyl halides is 1. The normalized spacial score (nSPS) is 7.46. The van der Waals surface area contributed by atoms with Crippen LogP contribution in [-0.4, -0.2) is 12.9 Å². The van der Waals surface area contributed by atoms with Crippen LogP contribution in [0.5, 0.6) is 0 Å². The zero-order valence-electron chi connectivity index (χ0n) is 8.97. The maximum atomic E-state index is 3.08. The Hall–Kier alpha value is -0.340. The van der Waals surface area contributed by atoms with Crippen molar-refractivity contribution in [1.82, 2.24) is 5.32 Å². The molecule has 0 spiro atoms. The van der Waals surface area contributed by atoms with Crippen molar-refractivity contribution in [3.8, 4) is 0 Å². The molecular weight excluding hydrogens is 226 g/mol. The van der Waals surface area contributed by atoms with Crippen molar-refractivity contribution in [2.24, 2.45) is 0 Å². The van der Waals surface area contributed by atoms with Gasteiger partial charge in [-0.3, -0.25) is 0 Å². The molecule has 0 aliphatic carbocycles. The molecule has 0 aliphatic rings. The summed E-state index contributed by atoms with van der Waals surface area (Å²) in [6.07, 6.45) is 0. The summed E-state index contributed by atoms with van der Waals surface area (Å²) in [6, 6.07) is 10.3. The molecule has 1 nitrogen and oxygen atoms in total. The Morgan fingerprint density at radius 2 is 1.54 bits per heavy atom. The largest absolute Gasteiger partial charge is 0.316 e. The minimum atomic E-state index is 0.959. The van der Waals surface area contributed by atoms with Crippen molar-refractivity contribution in [2.45, 2.75) is 20.4 Å². The Labute approximate surface area is 90.7 Å². The molecule has 0 atom stereocenters. The van der Waals surface area contributed by atoms with Gasteiger partial charge >= 0.3 is 0 Å². The van der Waals surface area contributed by atoms with Crippen molar-refractivity contribution in [3.05, 3.63) is 35.9 Å². The first-order valence-corrected chi connectivity index (χ1v) is 6.08. The van der Waals surface area contributed by atoms with Gasteiger partial charge in [-0.15, -0.1) is 0 Å². The third kappa shape index (κ3) is 9.57. The van der Waals surface area contributed by atoms with E-state index in [9.17, 15) is 0 Å². The summed E-state index contributed by atoms with van der Waals surface area (Å²) in [4.78, 5) is 0. The van der Waals surface area contributed by atoms with Gasteiger partial charge in [-0.25, -0.2) is 0 Å². The second-order valence-electron chi connectivity index (χ2n) is 2.02. The maximum absolute atomic E-state index is 3.08. The number of rotatable bonds is 2. The third-order valence-corrected chi connectivity index (χ3v) is 1.22. The second kappa shape index (κ2) is 14.2. The molecular formula is C11H20BrN. The van der Waals surface area contributed by atoms with E-state index in [1.165, 1.54) is 5.56 Å². The zero-order valence-corrected chi connectivity index (χ0v) is 10.6. The highest BCUT2D eigenvalue weighted by atomic mass is 79.9. The van der Waals surface area contributed by atoms with E-state index in [1.54, 1.807) is 0 Å². The van der Waals surface area contributed by atoms with Crippen LogP contribution in [0.1, 0.15) is 19.4 Å². The van der Waals surface area contributed by atoms with Crippen molar-refractivity contribution >= 4 is 15.9 Å². The second-order valence-corrected chi connectivity index (χ2v) is 2.02. The van der Waals surface area contributed by atoms with Crippen molar-refractivity contribution in [1.29, 1.82) is 0 Å². The van der Waals surface area contributed by atoms with Gasteiger partial charge in [-0.05, 0) is 18.4 Å². The zero-order chi connectivity index (χ0) is 10.5. The average molecular weight is 246 g/mol. The van der Waals surface area contributed by atoms with Crippen molar-refractivity contribution in [3.63, 3.8) is 0 Å². The summed E-state index contributed by atoms with van der Waals surface area (Å²) in [5.41, 5.74) is 1.33. The Morgan fingerprint density at radius 1 is 1.08 bits per heavy atom. The molecule has 1 rings (SSSR count). The van der Waals surface area contributed by atoms with Crippen molar-refractivity contribution in [2.75, 3.05) is 12.9 Å². The van der Waals surface area contributed by atoms with Crippen molar-refractivity contribution < 1.29 is 0 Å². The molecule has 0 saturated carbocycles. The van der Waals surface area contributed by atoms with Gasteiger partial charge in [0, 0.05) is 6.54 Å². The molecule has 13 heavy (non-hydrogen) atoms. The molecule has 1 aromatic rings. The number of benzene rings is 1. The van der Waals surface area contributed by atoms with Gasteiger partial charge in [0.2, 0.25) is 0 Å². The van der Waals surface area contributed by atoms with Crippen LogP contribution < -0.4 is 5.32 Å². The van der Waals surface area contributed by atoms with Crippen LogP contribution in [0.2, 0.25) is 0 Å². The lowest BCUT2D eigenvalue weighted by Crippen LogP contribution is -2.04. The van der Waals surface area contributed by atoms with Gasteiger partial charge in [0.05, 0.1) is 0 Å². The molecule has 0 amide bonds. The molecule has 0 saturated heterocycles. The molecule has 0 heterocycles. The molecule has 0 aliphatic heterocycles. The lowest BCUT2D eigenvalue weighted by Gasteiger charge is -1.95. The smallest absolute Gasteiger partial charge is 0.0202 e. The van der Waals surface area contributed by atoms with E-state index in [1.807, 2.05) is 44.9 Å². The first kappa shape index (κ1) is 15.1. The average Bonchev–Trinajstić information content (AvgIpc) is 2.26. The topological polar surface area (TPSA) is 12.0 Å². The minimum absolute atomic E-state index is 0.959. The summed E-state index contributed by atoms with van der Waals surface area (Å²) in [6.45, 7) is 4.96. The molecule has 0 aromatic heterocycles. The first-order chi connectivity index (χ1) is 6.43. The van der Waals surface area contributed by atoms with E-state index in [-0.39, 0.29) is 0 Å². The van der Waals surface area contributed by atoms with Gasteiger partial charge < -0.3 is 5.32 Å². The highest BCUT2D eigenvalue weighted by Gasteiger charge is 1.83. The van der Waals surface area contributed by atoms with Gasteiger partial charge in [-0.1, -0.05) is 60.1 Å². The Kier molecular flexibility index (Phi) is 16.5. The molecule has 0 radical (unpaired) electrons. The van der Waals surface area contributed by atoms with Crippen LogP contribution in [0.4, 0.5) is 0 Å². The summed E-state index contributed by atoms with van der Waals surface area (Å²) in [5, 5.41) is 3.08. The van der Waals surface area contributed by atoms with E-state index in [2.05, 4.69) is 33.4 Å². The fraction of sp³-hybridized carbons (Fsp3) is 0.455. The molecule has 76 valence electrons. The molecule has 2 heteroatoms. The Balaban J connectivity index is 0. The molecule has 0 bridgehead atoms. The van der Waals surface area contributed by atoms with Crippen LogP contribution in [-0.2, 0) is 6.54 Å². The SMILES string of the molecule is CBr.CC.CNCc1ccccc1. The van der Waals surface area contributed by atoms with Gasteiger partial charge in [0.1, 0.15) is 0 Å². The van der Waals surface area contributed by atoms with E-state index in [4.69, 9.17) is 0 Å². The maximum Gasteiger partial charge on any atom is 0.0202 e. The summed E-state index contributed by atoms with van der Waals surface area (Å²) in [5.74, 6) is 1.81. The van der Waals surface area contributed by atoms with Crippen LogP contribution in [0, 0.1) is 0 Å². The third-order valence-electron chi connectivity index (χ3n) is 1.22. The fourth-order valence-corrected chi connectivity index (χ4v) is 0.800. The number of nitrogens with one attached hydrogen (secondary N) is 1. The van der Waals surface area contributed by atoms with Crippen LogP contribution in [0.25, 0.3) is 0 Å². The molecule has 1 N–H and O–H groups in total. The fourth-order valence-electron chi connectivity index (χ4n) is 0.800. The summed E-state index contributed by atoms with van der Waals surface area (Å²) in [7, 11) is 1.95. The minimum Gasteiger partial charge on any atom is -0.316 e. The van der Waals surface area contributed by atoms with Gasteiger partial charge in [0.15, 0.2) is 0 Å². The predicted octanol–water partition coefficient (Wildman–Crippen LogP) is 3.44. The quantitative estimate of drug-likeness (QED) is 0.788. The Morgan fingerprint density at radius 3 is 1.92 bits per heavy atom. The number of hydrogen-bond donors (Lipinski definition) is 1. The molecule has 0 fully saturated rings. The lowest BCUT2D eigenvalue weighted by atomic mass is 10.2. The standard InChI is InChI=1S/C8H11N.C2H6.CH3Br/c1-9-7-8-5-3-2-4-6-8;2*1-2/h2-6,9H,7H2,1H3;1-2H3;1H3. The van der Waals surface area contributed by atoms with Gasteiger partial charge in [-0.2, -0.15) is 0 Å². The monoisotopic (exact) mass is 245 g/mol. The number of hydrogen-bond acceptors (Lipinski definition) is 1. The predicted molar refractivity (Wildman–Crippen MR) is 65.4 cm³/mol. The number of halogens is 1. The highest BCUT2D eigenvalue weighted by molar-refractivity contribution is 9.08. The van der Waals surface area contributed by atoms with E-state index >= 15 is 0 Å². The lowest BCUT2D eigenvalue weighted by molar-refractivity contribution is 0.818. The Bertz CT molecular complexity index is 163. The summed E-state index contributed by atoms with van der Waals surface area (Å²) >= 11 is 2.94. The highest BCUT2D eigenvalue weighted by Crippen LogP contribution is 1.95. The van der Waals surface area contributed by atoms with E-state index < -0.39 is 0 Å². The molecule has 1 aromatic carbocycles. The van der Waals surface area contributed by atoms with E-state index in [0.29, 0.717) is 0 Å². The van der Waals surface area contributed by atoms with Crippen LogP contribution in [0.15, 0.2) is 30.3 Å². The first-order valence-electron chi connectivity index (χ1n) is 4.50. The van der Waals surface area contributed by atoms with Gasteiger partial charge in [0.25, 0.3) is 0 Å². The molecule has 0 unspecified atom stereocenters.